The van der Waals surface area contributed by atoms with Crippen LogP contribution in [0.25, 0.3) is 22.0 Å². The average molecular weight is 418 g/mol. The quantitative estimate of drug-likeness (QED) is 0.372. The van der Waals surface area contributed by atoms with Crippen molar-refractivity contribution in [2.24, 2.45) is 0 Å². The van der Waals surface area contributed by atoms with Gasteiger partial charge >= 0.3 is 5.97 Å². The zero-order chi connectivity index (χ0) is 20.9. The van der Waals surface area contributed by atoms with Gasteiger partial charge in [-0.3, -0.25) is 4.79 Å². The Hall–Kier alpha value is -3.78. The van der Waals surface area contributed by atoms with Crippen LogP contribution in [0.1, 0.15) is 22.4 Å². The molecule has 7 nitrogen and oxygen atoms in total. The van der Waals surface area contributed by atoms with Crippen molar-refractivity contribution >= 4 is 45.2 Å². The lowest BCUT2D eigenvalue weighted by Gasteiger charge is -2.05. The van der Waals surface area contributed by atoms with E-state index < -0.39 is 5.97 Å². The Labute approximate surface area is 176 Å². The summed E-state index contributed by atoms with van der Waals surface area (Å²) in [6.45, 7) is 2.05. The van der Waals surface area contributed by atoms with Gasteiger partial charge in [0.05, 0.1) is 22.5 Å². The van der Waals surface area contributed by atoms with Gasteiger partial charge < -0.3 is 10.1 Å². The Morgan fingerprint density at radius 3 is 2.70 bits per heavy atom. The summed E-state index contributed by atoms with van der Waals surface area (Å²) in [5.74, 6) is -0.703. The summed E-state index contributed by atoms with van der Waals surface area (Å²) in [5.41, 5.74) is 2.57. The number of benzene rings is 2. The molecule has 2 heterocycles. The molecule has 30 heavy (non-hydrogen) atoms. The molecule has 0 radical (unpaired) electrons. The number of carbonyl (C=O) groups excluding carboxylic acids is 2. The summed E-state index contributed by atoms with van der Waals surface area (Å²) in [4.78, 5) is 28.4. The van der Waals surface area contributed by atoms with E-state index in [0.717, 1.165) is 20.9 Å². The summed E-state index contributed by atoms with van der Waals surface area (Å²) < 4.78 is 7.60. The van der Waals surface area contributed by atoms with E-state index in [0.29, 0.717) is 12.3 Å². The molecular weight excluding hydrogens is 400 g/mol. The van der Waals surface area contributed by atoms with Crippen LogP contribution in [-0.4, -0.2) is 33.2 Å². The smallest absolute Gasteiger partial charge is 0.358 e. The van der Waals surface area contributed by atoms with Gasteiger partial charge in [-0.05, 0) is 55.5 Å². The van der Waals surface area contributed by atoms with Crippen molar-refractivity contribution in [3.8, 4) is 5.69 Å². The van der Waals surface area contributed by atoms with Crippen LogP contribution in [0.4, 0.5) is 5.69 Å². The van der Waals surface area contributed by atoms with Gasteiger partial charge in [-0.1, -0.05) is 12.1 Å². The second kappa shape index (κ2) is 8.71. The molecule has 1 amide bonds. The second-order valence-electron chi connectivity index (χ2n) is 6.26. The number of rotatable bonds is 6. The van der Waals surface area contributed by atoms with Crippen LogP contribution in [0.5, 0.6) is 0 Å². The number of carbonyl (C=O) groups is 2. The fraction of sp³-hybridized carbons (Fsp3) is 0.0909. The summed E-state index contributed by atoms with van der Waals surface area (Å²) >= 11 is 1.53. The van der Waals surface area contributed by atoms with Crippen LogP contribution in [0.2, 0.25) is 0 Å². The third-order valence-corrected chi connectivity index (χ3v) is 5.16. The SMILES string of the molecule is CCOC(=O)c1ccn(-c2ccc(NC(=O)/C=C/c3nc4ccccc4s3)cc2)n1. The zero-order valence-corrected chi connectivity index (χ0v) is 16.9. The molecule has 0 saturated carbocycles. The third kappa shape index (κ3) is 4.44. The molecule has 0 atom stereocenters. The van der Waals surface area contributed by atoms with Gasteiger partial charge in [0.25, 0.3) is 0 Å². The molecule has 8 heteroatoms. The Balaban J connectivity index is 1.39. The van der Waals surface area contributed by atoms with E-state index in [4.69, 9.17) is 4.74 Å². The molecule has 4 rings (SSSR count). The van der Waals surface area contributed by atoms with Crippen molar-refractivity contribution < 1.29 is 14.3 Å². The third-order valence-electron chi connectivity index (χ3n) is 4.16. The first-order chi connectivity index (χ1) is 14.6. The van der Waals surface area contributed by atoms with Crippen LogP contribution in [0, 0.1) is 0 Å². The highest BCUT2D eigenvalue weighted by Crippen LogP contribution is 2.22. The van der Waals surface area contributed by atoms with Crippen molar-refractivity contribution in [2.75, 3.05) is 11.9 Å². The minimum Gasteiger partial charge on any atom is -0.461 e. The molecule has 0 unspecified atom stereocenters. The molecule has 0 aliphatic rings. The predicted octanol–water partition coefficient (Wildman–Crippen LogP) is 4.31. The summed E-state index contributed by atoms with van der Waals surface area (Å²) in [7, 11) is 0. The zero-order valence-electron chi connectivity index (χ0n) is 16.1. The highest BCUT2D eigenvalue weighted by atomic mass is 32.1. The largest absolute Gasteiger partial charge is 0.461 e. The van der Waals surface area contributed by atoms with E-state index in [1.54, 1.807) is 54.2 Å². The molecule has 2 aromatic carbocycles. The van der Waals surface area contributed by atoms with Gasteiger partial charge in [-0.15, -0.1) is 11.3 Å². The highest BCUT2D eigenvalue weighted by molar-refractivity contribution is 7.19. The normalized spacial score (nSPS) is 11.1. The van der Waals surface area contributed by atoms with Crippen LogP contribution in [0.3, 0.4) is 0 Å². The molecule has 0 spiro atoms. The van der Waals surface area contributed by atoms with Crippen LogP contribution >= 0.6 is 11.3 Å². The van der Waals surface area contributed by atoms with Gasteiger partial charge in [0, 0.05) is 18.0 Å². The monoisotopic (exact) mass is 418 g/mol. The molecule has 0 saturated heterocycles. The Bertz CT molecular complexity index is 1190. The Morgan fingerprint density at radius 2 is 1.93 bits per heavy atom. The van der Waals surface area contributed by atoms with E-state index in [1.807, 2.05) is 24.3 Å². The number of hydrogen-bond donors (Lipinski definition) is 1. The molecule has 0 aliphatic heterocycles. The highest BCUT2D eigenvalue weighted by Gasteiger charge is 2.11. The minimum absolute atomic E-state index is 0.245. The van der Waals surface area contributed by atoms with E-state index >= 15 is 0 Å². The van der Waals surface area contributed by atoms with E-state index in [-0.39, 0.29) is 11.6 Å². The van der Waals surface area contributed by atoms with Gasteiger partial charge in [-0.25, -0.2) is 14.5 Å². The van der Waals surface area contributed by atoms with E-state index in [9.17, 15) is 9.59 Å². The molecule has 2 aromatic heterocycles. The first-order valence-electron chi connectivity index (χ1n) is 9.30. The Morgan fingerprint density at radius 1 is 1.13 bits per heavy atom. The standard InChI is InChI=1S/C22H18N4O3S/c1-2-29-22(28)18-13-14-26(25-18)16-9-7-15(8-10-16)23-20(27)11-12-21-24-17-5-3-4-6-19(17)30-21/h3-14H,2H2,1H3,(H,23,27)/b12-11+. The van der Waals surface area contributed by atoms with Gasteiger partial charge in [0.1, 0.15) is 5.01 Å². The molecule has 0 bridgehead atoms. The summed E-state index contributed by atoms with van der Waals surface area (Å²) in [6, 6.07) is 16.6. The molecule has 0 aliphatic carbocycles. The lowest BCUT2D eigenvalue weighted by atomic mass is 10.3. The molecule has 1 N–H and O–H groups in total. The van der Waals surface area contributed by atoms with Gasteiger partial charge in [-0.2, -0.15) is 5.10 Å². The van der Waals surface area contributed by atoms with Crippen molar-refractivity contribution in [1.29, 1.82) is 0 Å². The van der Waals surface area contributed by atoms with Crippen molar-refractivity contribution in [3.05, 3.63) is 77.6 Å². The fourth-order valence-corrected chi connectivity index (χ4v) is 3.64. The Kier molecular flexibility index (Phi) is 5.67. The van der Waals surface area contributed by atoms with Crippen molar-refractivity contribution in [1.82, 2.24) is 14.8 Å². The van der Waals surface area contributed by atoms with Crippen LogP contribution in [0.15, 0.2) is 66.9 Å². The number of thiazole rings is 1. The van der Waals surface area contributed by atoms with E-state index in [1.165, 1.54) is 17.4 Å². The fourth-order valence-electron chi connectivity index (χ4n) is 2.77. The summed E-state index contributed by atoms with van der Waals surface area (Å²) in [5, 5.41) is 7.80. The molecule has 0 fully saturated rings. The number of nitrogens with one attached hydrogen (secondary N) is 1. The topological polar surface area (TPSA) is 86.1 Å². The molecular formula is C22H18N4O3S. The number of amides is 1. The summed E-state index contributed by atoms with van der Waals surface area (Å²) in [6.07, 6.45) is 4.85. The number of aromatic nitrogens is 3. The first kappa shape index (κ1) is 19.5. The number of hydrogen-bond acceptors (Lipinski definition) is 6. The number of para-hydroxylation sites is 1. The predicted molar refractivity (Wildman–Crippen MR) is 117 cm³/mol. The number of ether oxygens (including phenoxy) is 1. The second-order valence-corrected chi connectivity index (χ2v) is 7.32. The van der Waals surface area contributed by atoms with Crippen LogP contribution in [-0.2, 0) is 9.53 Å². The maximum absolute atomic E-state index is 12.2. The number of esters is 1. The number of nitrogens with zero attached hydrogens (tertiary/aromatic N) is 3. The number of anilines is 1. The minimum atomic E-state index is -0.458. The lowest BCUT2D eigenvalue weighted by Crippen LogP contribution is -2.08. The maximum atomic E-state index is 12.2. The first-order valence-corrected chi connectivity index (χ1v) is 10.1. The number of fused-ring (bicyclic) bond motifs is 1. The van der Waals surface area contributed by atoms with Gasteiger partial charge in [0.2, 0.25) is 5.91 Å². The van der Waals surface area contributed by atoms with Gasteiger partial charge in [0.15, 0.2) is 5.69 Å². The van der Waals surface area contributed by atoms with Crippen LogP contribution < -0.4 is 5.32 Å². The lowest BCUT2D eigenvalue weighted by molar-refractivity contribution is -0.111. The van der Waals surface area contributed by atoms with E-state index in [2.05, 4.69) is 15.4 Å². The maximum Gasteiger partial charge on any atom is 0.358 e. The molecule has 150 valence electrons. The molecule has 4 aromatic rings. The average Bonchev–Trinajstić information content (AvgIpc) is 3.40. The van der Waals surface area contributed by atoms with Crippen molar-refractivity contribution in [3.63, 3.8) is 0 Å². The van der Waals surface area contributed by atoms with Crippen molar-refractivity contribution in [2.45, 2.75) is 6.92 Å².